The normalized spacial score (nSPS) is 10.7. The third-order valence-corrected chi connectivity index (χ3v) is 3.60. The van der Waals surface area contributed by atoms with Gasteiger partial charge in [0.15, 0.2) is 0 Å². The molecular formula is C20H27NO2. The van der Waals surface area contributed by atoms with Gasteiger partial charge in [0.1, 0.15) is 12.4 Å². The quantitative estimate of drug-likeness (QED) is 0.670. The molecule has 2 aromatic carbocycles. The summed E-state index contributed by atoms with van der Waals surface area (Å²) >= 11 is 0. The van der Waals surface area contributed by atoms with Crippen LogP contribution in [0.4, 0.5) is 0 Å². The highest BCUT2D eigenvalue weighted by atomic mass is 16.5. The van der Waals surface area contributed by atoms with Crippen molar-refractivity contribution in [1.82, 2.24) is 5.32 Å². The van der Waals surface area contributed by atoms with E-state index in [1.54, 1.807) is 0 Å². The summed E-state index contributed by atoms with van der Waals surface area (Å²) in [4.78, 5) is 0. The van der Waals surface area contributed by atoms with Crippen LogP contribution in [0.15, 0.2) is 48.5 Å². The van der Waals surface area contributed by atoms with Crippen molar-refractivity contribution in [2.75, 3.05) is 19.8 Å². The van der Waals surface area contributed by atoms with Crippen LogP contribution in [-0.2, 0) is 17.9 Å². The third kappa shape index (κ3) is 6.85. The van der Waals surface area contributed by atoms with E-state index in [-0.39, 0.29) is 0 Å². The molecule has 124 valence electrons. The zero-order chi connectivity index (χ0) is 16.3. The maximum atomic E-state index is 5.88. The van der Waals surface area contributed by atoms with Crippen molar-refractivity contribution in [1.29, 1.82) is 0 Å². The second-order valence-corrected chi connectivity index (χ2v) is 5.65. The van der Waals surface area contributed by atoms with Gasteiger partial charge in [-0.25, -0.2) is 0 Å². The Hall–Kier alpha value is -1.84. The summed E-state index contributed by atoms with van der Waals surface area (Å²) in [6.45, 7) is 8.16. The molecule has 0 heterocycles. The van der Waals surface area contributed by atoms with Gasteiger partial charge in [-0.05, 0) is 50.1 Å². The van der Waals surface area contributed by atoms with Crippen LogP contribution in [0, 0.1) is 6.92 Å². The maximum Gasteiger partial charge on any atom is 0.120 e. The van der Waals surface area contributed by atoms with Gasteiger partial charge in [0.05, 0.1) is 0 Å². The fourth-order valence-corrected chi connectivity index (χ4v) is 2.27. The Labute approximate surface area is 139 Å². The Morgan fingerprint density at radius 3 is 2.61 bits per heavy atom. The summed E-state index contributed by atoms with van der Waals surface area (Å²) in [5.74, 6) is 0.916. The molecule has 0 aliphatic carbocycles. The summed E-state index contributed by atoms with van der Waals surface area (Å²) in [5, 5.41) is 3.43. The molecule has 0 amide bonds. The zero-order valence-electron chi connectivity index (χ0n) is 14.2. The highest BCUT2D eigenvalue weighted by molar-refractivity contribution is 5.29. The van der Waals surface area contributed by atoms with Crippen molar-refractivity contribution in [2.24, 2.45) is 0 Å². The Morgan fingerprint density at radius 2 is 1.83 bits per heavy atom. The second-order valence-electron chi connectivity index (χ2n) is 5.65. The monoisotopic (exact) mass is 313 g/mol. The molecule has 0 spiro atoms. The number of benzene rings is 2. The molecule has 0 saturated heterocycles. The van der Waals surface area contributed by atoms with Gasteiger partial charge in [-0.1, -0.05) is 42.0 Å². The predicted octanol–water partition coefficient (Wildman–Crippen LogP) is 4.09. The van der Waals surface area contributed by atoms with Gasteiger partial charge in [0.2, 0.25) is 0 Å². The minimum atomic E-state index is 0.603. The first kappa shape index (κ1) is 17.5. The summed E-state index contributed by atoms with van der Waals surface area (Å²) < 4.78 is 11.2. The Bertz CT molecular complexity index is 566. The summed E-state index contributed by atoms with van der Waals surface area (Å²) in [5.41, 5.74) is 3.70. The molecule has 0 bridgehead atoms. The molecule has 23 heavy (non-hydrogen) atoms. The summed E-state index contributed by atoms with van der Waals surface area (Å²) in [6, 6.07) is 16.7. The predicted molar refractivity (Wildman–Crippen MR) is 94.8 cm³/mol. The topological polar surface area (TPSA) is 30.5 Å². The lowest BCUT2D eigenvalue weighted by atomic mass is 10.2. The molecule has 0 aromatic heterocycles. The van der Waals surface area contributed by atoms with E-state index < -0.39 is 0 Å². The average molecular weight is 313 g/mol. The van der Waals surface area contributed by atoms with Crippen molar-refractivity contribution >= 4 is 0 Å². The molecule has 3 nitrogen and oxygen atoms in total. The van der Waals surface area contributed by atoms with Crippen molar-refractivity contribution in [2.45, 2.75) is 33.4 Å². The largest absolute Gasteiger partial charge is 0.489 e. The fourth-order valence-electron chi connectivity index (χ4n) is 2.27. The molecule has 2 aromatic rings. The van der Waals surface area contributed by atoms with Crippen LogP contribution in [0.3, 0.4) is 0 Å². The molecule has 2 rings (SSSR count). The molecule has 0 saturated carbocycles. The van der Waals surface area contributed by atoms with E-state index in [9.17, 15) is 0 Å². The van der Waals surface area contributed by atoms with Gasteiger partial charge < -0.3 is 14.8 Å². The molecule has 3 heteroatoms. The van der Waals surface area contributed by atoms with Gasteiger partial charge >= 0.3 is 0 Å². The van der Waals surface area contributed by atoms with Gasteiger partial charge in [0, 0.05) is 19.8 Å². The third-order valence-electron chi connectivity index (χ3n) is 3.60. The first-order chi connectivity index (χ1) is 11.3. The second kappa shape index (κ2) is 10.0. The van der Waals surface area contributed by atoms with Crippen molar-refractivity contribution in [3.05, 3.63) is 65.2 Å². The van der Waals surface area contributed by atoms with E-state index in [2.05, 4.69) is 48.6 Å². The van der Waals surface area contributed by atoms with Crippen molar-refractivity contribution in [3.63, 3.8) is 0 Å². The minimum absolute atomic E-state index is 0.603. The van der Waals surface area contributed by atoms with Crippen LogP contribution in [0.2, 0.25) is 0 Å². The number of ether oxygens (including phenoxy) is 2. The zero-order valence-corrected chi connectivity index (χ0v) is 14.2. The molecular weight excluding hydrogens is 286 g/mol. The molecule has 0 aliphatic rings. The van der Waals surface area contributed by atoms with Crippen LogP contribution in [0.1, 0.15) is 30.0 Å². The number of hydrogen-bond donors (Lipinski definition) is 1. The van der Waals surface area contributed by atoms with E-state index in [4.69, 9.17) is 9.47 Å². The molecule has 0 atom stereocenters. The fraction of sp³-hybridized carbons (Fsp3) is 0.400. The van der Waals surface area contributed by atoms with Crippen LogP contribution < -0.4 is 10.1 Å². The lowest BCUT2D eigenvalue weighted by Gasteiger charge is -2.09. The Balaban J connectivity index is 1.74. The molecule has 1 N–H and O–H groups in total. The van der Waals surface area contributed by atoms with Crippen LogP contribution >= 0.6 is 0 Å². The van der Waals surface area contributed by atoms with E-state index in [1.807, 2.05) is 19.1 Å². The van der Waals surface area contributed by atoms with E-state index in [0.29, 0.717) is 6.61 Å². The number of aryl methyl sites for hydroxylation is 1. The number of nitrogens with one attached hydrogen (secondary N) is 1. The lowest BCUT2D eigenvalue weighted by Crippen LogP contribution is -2.16. The highest BCUT2D eigenvalue weighted by Crippen LogP contribution is 2.15. The number of rotatable bonds is 10. The van der Waals surface area contributed by atoms with Crippen LogP contribution in [0.5, 0.6) is 5.75 Å². The lowest BCUT2D eigenvalue weighted by molar-refractivity contribution is 0.144. The average Bonchev–Trinajstić information content (AvgIpc) is 2.58. The molecule has 0 unspecified atom stereocenters. The minimum Gasteiger partial charge on any atom is -0.489 e. The van der Waals surface area contributed by atoms with Crippen molar-refractivity contribution < 1.29 is 9.47 Å². The van der Waals surface area contributed by atoms with Gasteiger partial charge in [-0.2, -0.15) is 0 Å². The maximum absolute atomic E-state index is 5.88. The first-order valence-electron chi connectivity index (χ1n) is 8.33. The molecule has 0 fully saturated rings. The van der Waals surface area contributed by atoms with Crippen LogP contribution in [-0.4, -0.2) is 19.8 Å². The van der Waals surface area contributed by atoms with Gasteiger partial charge in [-0.15, -0.1) is 0 Å². The SMILES string of the molecule is CCOCCCNCc1cccc(OCc2ccc(C)cc2)c1. The Morgan fingerprint density at radius 1 is 1.00 bits per heavy atom. The summed E-state index contributed by atoms with van der Waals surface area (Å²) in [6.07, 6.45) is 1.04. The van der Waals surface area contributed by atoms with Gasteiger partial charge in [-0.3, -0.25) is 0 Å². The standard InChI is InChI=1S/C20H27NO2/c1-3-22-13-5-12-21-15-19-6-4-7-20(14-19)23-16-18-10-8-17(2)9-11-18/h4,6-11,14,21H,3,5,12-13,15-16H2,1-2H3. The smallest absolute Gasteiger partial charge is 0.120 e. The van der Waals surface area contributed by atoms with Gasteiger partial charge in [0.25, 0.3) is 0 Å². The molecule has 0 aliphatic heterocycles. The Kier molecular flexibility index (Phi) is 7.64. The van der Waals surface area contributed by atoms with Crippen LogP contribution in [0.25, 0.3) is 0 Å². The number of hydrogen-bond acceptors (Lipinski definition) is 3. The highest BCUT2D eigenvalue weighted by Gasteiger charge is 1.99. The van der Waals surface area contributed by atoms with E-state index in [1.165, 1.54) is 16.7 Å². The van der Waals surface area contributed by atoms with Crippen molar-refractivity contribution in [3.8, 4) is 5.75 Å². The first-order valence-corrected chi connectivity index (χ1v) is 8.33. The summed E-state index contributed by atoms with van der Waals surface area (Å²) in [7, 11) is 0. The molecule has 0 radical (unpaired) electrons. The van der Waals surface area contributed by atoms with E-state index >= 15 is 0 Å². The van der Waals surface area contributed by atoms with E-state index in [0.717, 1.165) is 38.5 Å².